The van der Waals surface area contributed by atoms with Crippen molar-refractivity contribution in [2.45, 2.75) is 24.9 Å². The number of rotatable bonds is 2. The summed E-state index contributed by atoms with van der Waals surface area (Å²) in [6.45, 7) is 0. The fourth-order valence-corrected chi connectivity index (χ4v) is 1.92. The number of carbonyl (C=O) groups excluding carboxylic acids is 1. The third-order valence-corrected chi connectivity index (χ3v) is 2.69. The summed E-state index contributed by atoms with van der Waals surface area (Å²) < 4.78 is 0. The van der Waals surface area contributed by atoms with Gasteiger partial charge in [-0.05, 0) is 18.4 Å². The molecule has 1 aromatic carbocycles. The lowest BCUT2D eigenvalue weighted by molar-refractivity contribution is -0.119. The van der Waals surface area contributed by atoms with Gasteiger partial charge in [-0.25, -0.2) is 0 Å². The van der Waals surface area contributed by atoms with Gasteiger partial charge >= 0.3 is 0 Å². The maximum Gasteiger partial charge on any atom is 0.234 e. The van der Waals surface area contributed by atoms with Crippen LogP contribution in [0.1, 0.15) is 24.4 Å². The van der Waals surface area contributed by atoms with Crippen molar-refractivity contribution in [2.24, 2.45) is 5.73 Å². The fraction of sp³-hybridized carbons (Fsp3) is 0.364. The number of hydrogen-bond donors (Lipinski definition) is 2. The van der Waals surface area contributed by atoms with E-state index in [1.54, 1.807) is 0 Å². The second-order valence-electron chi connectivity index (χ2n) is 3.66. The third kappa shape index (κ3) is 2.70. The maximum atomic E-state index is 10.9. The van der Waals surface area contributed by atoms with Gasteiger partial charge in [-0.2, -0.15) is 0 Å². The van der Waals surface area contributed by atoms with Crippen LogP contribution in [0.5, 0.6) is 0 Å². The molecule has 1 aliphatic heterocycles. The van der Waals surface area contributed by atoms with Gasteiger partial charge in [-0.15, -0.1) is 12.4 Å². The van der Waals surface area contributed by atoms with Gasteiger partial charge in [0.15, 0.2) is 0 Å². The smallest absolute Gasteiger partial charge is 0.234 e. The second-order valence-corrected chi connectivity index (χ2v) is 3.66. The Morgan fingerprint density at radius 2 is 1.93 bits per heavy atom. The minimum atomic E-state index is -0.247. The van der Waals surface area contributed by atoms with Crippen LogP contribution >= 0.6 is 12.4 Å². The summed E-state index contributed by atoms with van der Waals surface area (Å²) in [5.41, 5.74) is 6.47. The van der Waals surface area contributed by atoms with E-state index in [2.05, 4.69) is 17.4 Å². The van der Waals surface area contributed by atoms with E-state index in [1.807, 2.05) is 18.2 Å². The molecule has 2 rings (SSSR count). The Balaban J connectivity index is 0.00000112. The normalized spacial score (nSPS) is 24.5. The molecule has 4 heteroatoms. The Morgan fingerprint density at radius 1 is 1.27 bits per heavy atom. The minimum absolute atomic E-state index is 0. The van der Waals surface area contributed by atoms with Crippen molar-refractivity contribution in [3.05, 3.63) is 35.9 Å². The Bertz CT molecular complexity index is 329. The van der Waals surface area contributed by atoms with Crippen LogP contribution in [0.2, 0.25) is 0 Å². The molecule has 0 unspecified atom stereocenters. The average molecular weight is 227 g/mol. The van der Waals surface area contributed by atoms with Crippen molar-refractivity contribution >= 4 is 18.3 Å². The first-order chi connectivity index (χ1) is 6.77. The van der Waals surface area contributed by atoms with E-state index >= 15 is 0 Å². The highest BCUT2D eigenvalue weighted by atomic mass is 35.5. The standard InChI is InChI=1S/C11H14N2O.ClH/c12-11(14)10-7-6-9(13-10)8-4-2-1-3-5-8;/h1-5,9-10,13H,6-7H2,(H2,12,14);1H/t9-,10+;/m0./s1. The number of carbonyl (C=O) groups is 1. The first-order valence-electron chi connectivity index (χ1n) is 4.87. The van der Waals surface area contributed by atoms with Crippen LogP contribution in [-0.4, -0.2) is 11.9 Å². The molecule has 3 N–H and O–H groups in total. The van der Waals surface area contributed by atoms with Gasteiger partial charge in [0.25, 0.3) is 0 Å². The van der Waals surface area contributed by atoms with Crippen molar-refractivity contribution in [1.82, 2.24) is 5.32 Å². The molecule has 3 nitrogen and oxygen atoms in total. The number of nitrogens with one attached hydrogen (secondary N) is 1. The highest BCUT2D eigenvalue weighted by molar-refractivity contribution is 5.85. The predicted octanol–water partition coefficient (Wildman–Crippen LogP) is 1.39. The summed E-state index contributed by atoms with van der Waals surface area (Å²) >= 11 is 0. The van der Waals surface area contributed by atoms with Crippen molar-refractivity contribution in [1.29, 1.82) is 0 Å². The van der Waals surface area contributed by atoms with Crippen LogP contribution in [-0.2, 0) is 4.79 Å². The van der Waals surface area contributed by atoms with Gasteiger partial charge in [0.1, 0.15) is 0 Å². The summed E-state index contributed by atoms with van der Waals surface area (Å²) in [6, 6.07) is 10.3. The summed E-state index contributed by atoms with van der Waals surface area (Å²) in [7, 11) is 0. The van der Waals surface area contributed by atoms with Crippen molar-refractivity contribution in [3.63, 3.8) is 0 Å². The van der Waals surface area contributed by atoms with Gasteiger partial charge in [0, 0.05) is 6.04 Å². The summed E-state index contributed by atoms with van der Waals surface area (Å²) in [5.74, 6) is -0.247. The zero-order valence-corrected chi connectivity index (χ0v) is 9.17. The Hall–Kier alpha value is -1.06. The zero-order chi connectivity index (χ0) is 9.97. The molecule has 1 saturated heterocycles. The average Bonchev–Trinajstić information content (AvgIpc) is 2.68. The zero-order valence-electron chi connectivity index (χ0n) is 8.35. The molecule has 2 atom stereocenters. The van der Waals surface area contributed by atoms with E-state index in [0.29, 0.717) is 0 Å². The quantitative estimate of drug-likeness (QED) is 0.801. The third-order valence-electron chi connectivity index (χ3n) is 2.69. The lowest BCUT2D eigenvalue weighted by Crippen LogP contribution is -2.37. The fourth-order valence-electron chi connectivity index (χ4n) is 1.92. The molecular formula is C11H15ClN2O. The van der Waals surface area contributed by atoms with Crippen molar-refractivity contribution < 1.29 is 4.79 Å². The molecule has 0 aliphatic carbocycles. The van der Waals surface area contributed by atoms with Crippen LogP contribution in [0.3, 0.4) is 0 Å². The number of hydrogen-bond acceptors (Lipinski definition) is 2. The monoisotopic (exact) mass is 226 g/mol. The molecule has 1 heterocycles. The number of primary amides is 1. The Labute approximate surface area is 95.5 Å². The van der Waals surface area contributed by atoms with Crippen molar-refractivity contribution in [3.8, 4) is 0 Å². The van der Waals surface area contributed by atoms with Gasteiger partial charge in [0.05, 0.1) is 6.04 Å². The summed E-state index contributed by atoms with van der Waals surface area (Å²) in [6.07, 6.45) is 1.83. The lowest BCUT2D eigenvalue weighted by Gasteiger charge is -2.12. The van der Waals surface area contributed by atoms with E-state index in [4.69, 9.17) is 5.73 Å². The molecule has 1 aliphatic rings. The predicted molar refractivity (Wildman–Crippen MR) is 61.8 cm³/mol. The highest BCUT2D eigenvalue weighted by Crippen LogP contribution is 2.25. The molecule has 1 aromatic rings. The topological polar surface area (TPSA) is 55.1 Å². The molecule has 0 radical (unpaired) electrons. The molecule has 82 valence electrons. The van der Waals surface area contributed by atoms with Crippen molar-refractivity contribution in [2.75, 3.05) is 0 Å². The second kappa shape index (κ2) is 5.14. The molecule has 0 bridgehead atoms. The van der Waals surface area contributed by atoms with E-state index in [9.17, 15) is 4.79 Å². The number of halogens is 1. The lowest BCUT2D eigenvalue weighted by atomic mass is 10.1. The molecular weight excluding hydrogens is 212 g/mol. The number of nitrogens with two attached hydrogens (primary N) is 1. The largest absolute Gasteiger partial charge is 0.368 e. The summed E-state index contributed by atoms with van der Waals surface area (Å²) in [5, 5.41) is 3.23. The molecule has 1 fully saturated rings. The molecule has 0 saturated carbocycles. The van der Waals surface area contributed by atoms with Gasteiger partial charge in [-0.1, -0.05) is 30.3 Å². The first kappa shape index (κ1) is 12.0. The van der Waals surface area contributed by atoms with Crippen LogP contribution < -0.4 is 11.1 Å². The van der Waals surface area contributed by atoms with Gasteiger partial charge in [-0.3, -0.25) is 10.1 Å². The first-order valence-corrected chi connectivity index (χ1v) is 4.87. The minimum Gasteiger partial charge on any atom is -0.368 e. The van der Waals surface area contributed by atoms with E-state index in [-0.39, 0.29) is 30.4 Å². The Morgan fingerprint density at radius 3 is 2.47 bits per heavy atom. The van der Waals surface area contributed by atoms with Gasteiger partial charge in [0.2, 0.25) is 5.91 Å². The van der Waals surface area contributed by atoms with Crippen LogP contribution in [0.25, 0.3) is 0 Å². The van der Waals surface area contributed by atoms with Gasteiger partial charge < -0.3 is 5.73 Å². The van der Waals surface area contributed by atoms with E-state index in [1.165, 1.54) is 5.56 Å². The highest BCUT2D eigenvalue weighted by Gasteiger charge is 2.27. The SMILES string of the molecule is Cl.NC(=O)[C@H]1CC[C@@H](c2ccccc2)N1. The maximum absolute atomic E-state index is 10.9. The molecule has 15 heavy (non-hydrogen) atoms. The molecule has 1 amide bonds. The Kier molecular flexibility index (Phi) is 4.12. The number of amides is 1. The number of benzene rings is 1. The van der Waals surface area contributed by atoms with E-state index < -0.39 is 0 Å². The van der Waals surface area contributed by atoms with Crippen LogP contribution in [0, 0.1) is 0 Å². The van der Waals surface area contributed by atoms with Crippen LogP contribution in [0.4, 0.5) is 0 Å². The van der Waals surface area contributed by atoms with Crippen LogP contribution in [0.15, 0.2) is 30.3 Å². The summed E-state index contributed by atoms with van der Waals surface area (Å²) in [4.78, 5) is 10.9. The van der Waals surface area contributed by atoms with E-state index in [0.717, 1.165) is 12.8 Å². The molecule has 0 spiro atoms. The molecule has 0 aromatic heterocycles.